The zero-order valence-corrected chi connectivity index (χ0v) is 10.1. The average Bonchev–Trinajstić information content (AvgIpc) is 3.03. The van der Waals surface area contributed by atoms with E-state index < -0.39 is 0 Å². The van der Waals surface area contributed by atoms with Gasteiger partial charge in [0.25, 0.3) is 0 Å². The molecule has 3 nitrogen and oxygen atoms in total. The van der Waals surface area contributed by atoms with Crippen molar-refractivity contribution in [1.29, 1.82) is 0 Å². The van der Waals surface area contributed by atoms with Gasteiger partial charge in [-0.15, -0.1) is 0 Å². The van der Waals surface area contributed by atoms with Crippen LogP contribution < -0.4 is 5.73 Å². The highest BCUT2D eigenvalue weighted by Gasteiger charge is 2.41. The molecule has 0 radical (unpaired) electrons. The summed E-state index contributed by atoms with van der Waals surface area (Å²) in [5.41, 5.74) is 7.03. The monoisotopic (exact) mass is 233 g/mol. The van der Waals surface area contributed by atoms with E-state index in [9.17, 15) is 4.39 Å². The van der Waals surface area contributed by atoms with Crippen molar-refractivity contribution in [3.63, 3.8) is 0 Å². The van der Waals surface area contributed by atoms with Crippen LogP contribution in [-0.4, -0.2) is 9.55 Å². The van der Waals surface area contributed by atoms with Crippen LogP contribution in [-0.2, 0) is 5.54 Å². The second-order valence-corrected chi connectivity index (χ2v) is 5.34. The summed E-state index contributed by atoms with van der Waals surface area (Å²) in [5.74, 6) is 0.715. The first-order valence-electron chi connectivity index (χ1n) is 5.94. The van der Waals surface area contributed by atoms with E-state index in [-0.39, 0.29) is 11.4 Å². The smallest absolute Gasteiger partial charge is 0.201 e. The maximum atomic E-state index is 13.7. The molecule has 1 aromatic carbocycles. The van der Waals surface area contributed by atoms with Crippen molar-refractivity contribution in [2.75, 3.05) is 5.73 Å². The normalized spacial score (nSPS) is 16.6. The fraction of sp³-hybridized carbons (Fsp3) is 0.462. The summed E-state index contributed by atoms with van der Waals surface area (Å²) in [6.45, 7) is 4.29. The van der Waals surface area contributed by atoms with Gasteiger partial charge in [-0.25, -0.2) is 9.37 Å². The van der Waals surface area contributed by atoms with Crippen LogP contribution in [0.1, 0.15) is 26.7 Å². The van der Waals surface area contributed by atoms with E-state index in [4.69, 9.17) is 5.73 Å². The molecule has 4 heteroatoms. The number of nitrogen functional groups attached to an aromatic ring is 1. The molecule has 1 heterocycles. The minimum Gasteiger partial charge on any atom is -0.369 e. The molecule has 1 aliphatic rings. The number of rotatable bonds is 2. The fourth-order valence-corrected chi connectivity index (χ4v) is 2.66. The summed E-state index contributed by atoms with van der Waals surface area (Å²) in [4.78, 5) is 4.15. The van der Waals surface area contributed by atoms with Gasteiger partial charge in [-0.3, -0.25) is 0 Å². The van der Waals surface area contributed by atoms with Crippen LogP contribution in [0.15, 0.2) is 18.2 Å². The van der Waals surface area contributed by atoms with Gasteiger partial charge < -0.3 is 10.3 Å². The molecule has 0 amide bonds. The Labute approximate surface area is 99.4 Å². The van der Waals surface area contributed by atoms with Gasteiger partial charge in [0.15, 0.2) is 5.82 Å². The Hall–Kier alpha value is -1.58. The molecule has 0 spiro atoms. The van der Waals surface area contributed by atoms with Crippen LogP contribution in [0.5, 0.6) is 0 Å². The van der Waals surface area contributed by atoms with Crippen molar-refractivity contribution in [3.8, 4) is 0 Å². The van der Waals surface area contributed by atoms with Gasteiger partial charge >= 0.3 is 0 Å². The molecule has 2 aromatic rings. The lowest BCUT2D eigenvalue weighted by molar-refractivity contribution is 0.318. The van der Waals surface area contributed by atoms with Crippen molar-refractivity contribution in [2.24, 2.45) is 5.92 Å². The molecule has 1 fully saturated rings. The third kappa shape index (κ3) is 1.43. The SMILES string of the molecule is CC(C)(C1CC1)n1c(N)nc2c(F)cccc21. The molecule has 90 valence electrons. The Morgan fingerprint density at radius 3 is 2.76 bits per heavy atom. The van der Waals surface area contributed by atoms with Gasteiger partial charge in [0.2, 0.25) is 5.95 Å². The number of fused-ring (bicyclic) bond motifs is 1. The van der Waals surface area contributed by atoms with Gasteiger partial charge in [0.05, 0.1) is 5.52 Å². The molecule has 1 aliphatic carbocycles. The van der Waals surface area contributed by atoms with Crippen LogP contribution in [0.4, 0.5) is 10.3 Å². The van der Waals surface area contributed by atoms with Gasteiger partial charge in [-0.2, -0.15) is 0 Å². The number of nitrogens with two attached hydrogens (primary N) is 1. The first-order valence-corrected chi connectivity index (χ1v) is 5.94. The molecular weight excluding hydrogens is 217 g/mol. The zero-order chi connectivity index (χ0) is 12.2. The number of nitrogens with zero attached hydrogens (tertiary/aromatic N) is 2. The molecule has 0 aliphatic heterocycles. The van der Waals surface area contributed by atoms with Crippen LogP contribution in [0.3, 0.4) is 0 Å². The lowest BCUT2D eigenvalue weighted by atomic mass is 9.98. The number of hydrogen-bond acceptors (Lipinski definition) is 2. The summed E-state index contributed by atoms with van der Waals surface area (Å²) >= 11 is 0. The number of benzene rings is 1. The predicted octanol–water partition coefficient (Wildman–Crippen LogP) is 2.90. The Bertz CT molecular complexity index is 582. The van der Waals surface area contributed by atoms with E-state index >= 15 is 0 Å². The lowest BCUT2D eigenvalue weighted by Gasteiger charge is -2.28. The summed E-state index contributed by atoms with van der Waals surface area (Å²) in [6, 6.07) is 5.01. The van der Waals surface area contributed by atoms with Crippen molar-refractivity contribution in [3.05, 3.63) is 24.0 Å². The highest BCUT2D eigenvalue weighted by molar-refractivity contribution is 5.79. The molecule has 0 atom stereocenters. The average molecular weight is 233 g/mol. The first-order chi connectivity index (χ1) is 8.01. The molecule has 1 saturated carbocycles. The zero-order valence-electron chi connectivity index (χ0n) is 10.1. The molecule has 0 unspecified atom stereocenters. The maximum absolute atomic E-state index is 13.7. The minimum absolute atomic E-state index is 0.0906. The van der Waals surface area contributed by atoms with Crippen molar-refractivity contribution in [1.82, 2.24) is 9.55 Å². The van der Waals surface area contributed by atoms with Crippen LogP contribution in [0, 0.1) is 11.7 Å². The molecule has 2 N–H and O–H groups in total. The number of anilines is 1. The Morgan fingerprint density at radius 2 is 2.12 bits per heavy atom. The third-order valence-corrected chi connectivity index (χ3v) is 3.81. The topological polar surface area (TPSA) is 43.8 Å². The van der Waals surface area contributed by atoms with Gasteiger partial charge in [-0.1, -0.05) is 6.07 Å². The highest BCUT2D eigenvalue weighted by Crippen LogP contribution is 2.46. The number of hydrogen-bond donors (Lipinski definition) is 1. The second kappa shape index (κ2) is 3.22. The fourth-order valence-electron chi connectivity index (χ4n) is 2.66. The lowest BCUT2D eigenvalue weighted by Crippen LogP contribution is -2.29. The van der Waals surface area contributed by atoms with Crippen molar-refractivity contribution < 1.29 is 4.39 Å². The standard InChI is InChI=1S/C13H16FN3/c1-13(2,8-6-7-8)17-10-5-3-4-9(14)11(10)16-12(17)15/h3-5,8H,6-7H2,1-2H3,(H2,15,16). The van der Waals surface area contributed by atoms with E-state index in [1.807, 2.05) is 10.6 Å². The summed E-state index contributed by atoms with van der Waals surface area (Å²) in [5, 5.41) is 0. The maximum Gasteiger partial charge on any atom is 0.201 e. The number of para-hydroxylation sites is 1. The van der Waals surface area contributed by atoms with Crippen LogP contribution >= 0.6 is 0 Å². The molecule has 17 heavy (non-hydrogen) atoms. The Kier molecular flexibility index (Phi) is 2.00. The summed E-state index contributed by atoms with van der Waals surface area (Å²) in [7, 11) is 0. The van der Waals surface area contributed by atoms with Crippen molar-refractivity contribution in [2.45, 2.75) is 32.2 Å². The molecular formula is C13H16FN3. The quantitative estimate of drug-likeness (QED) is 0.866. The van der Waals surface area contributed by atoms with Gasteiger partial charge in [0.1, 0.15) is 5.52 Å². The van der Waals surface area contributed by atoms with E-state index in [0.717, 1.165) is 5.52 Å². The summed E-state index contributed by atoms with van der Waals surface area (Å²) < 4.78 is 15.6. The molecule has 3 rings (SSSR count). The molecule has 1 aromatic heterocycles. The minimum atomic E-state index is -0.306. The predicted molar refractivity (Wildman–Crippen MR) is 66.1 cm³/mol. The number of imidazole rings is 1. The number of aromatic nitrogens is 2. The van der Waals surface area contributed by atoms with E-state index in [0.29, 0.717) is 17.4 Å². The number of halogens is 1. The van der Waals surface area contributed by atoms with Crippen LogP contribution in [0.2, 0.25) is 0 Å². The molecule has 0 bridgehead atoms. The second-order valence-electron chi connectivity index (χ2n) is 5.34. The van der Waals surface area contributed by atoms with Gasteiger partial charge in [0, 0.05) is 5.54 Å². The van der Waals surface area contributed by atoms with E-state index in [2.05, 4.69) is 18.8 Å². The first kappa shape index (κ1) is 10.6. The third-order valence-electron chi connectivity index (χ3n) is 3.81. The van der Waals surface area contributed by atoms with E-state index in [1.165, 1.54) is 18.9 Å². The highest BCUT2D eigenvalue weighted by atomic mass is 19.1. The van der Waals surface area contributed by atoms with Crippen molar-refractivity contribution >= 4 is 17.0 Å². The Balaban J connectivity index is 2.28. The largest absolute Gasteiger partial charge is 0.369 e. The summed E-state index contributed by atoms with van der Waals surface area (Å²) in [6.07, 6.45) is 2.42. The Morgan fingerprint density at radius 1 is 1.41 bits per heavy atom. The molecule has 0 saturated heterocycles. The van der Waals surface area contributed by atoms with E-state index in [1.54, 1.807) is 6.07 Å². The van der Waals surface area contributed by atoms with Gasteiger partial charge in [-0.05, 0) is 44.7 Å². The van der Waals surface area contributed by atoms with Crippen LogP contribution in [0.25, 0.3) is 11.0 Å².